The Hall–Kier alpha value is -2.29. The zero-order valence-electron chi connectivity index (χ0n) is 12.2. The van der Waals surface area contributed by atoms with E-state index in [1.165, 1.54) is 11.3 Å². The molecule has 0 bridgehead atoms. The van der Waals surface area contributed by atoms with Crippen LogP contribution in [0.25, 0.3) is 0 Å². The Morgan fingerprint density at radius 2 is 2.04 bits per heavy atom. The highest BCUT2D eigenvalue weighted by atomic mass is 32.1. The first kappa shape index (κ1) is 17.1. The number of H-pyrrole nitrogens is 1. The van der Waals surface area contributed by atoms with Crippen LogP contribution in [0.5, 0.6) is 0 Å². The molecule has 2 aromatic heterocycles. The lowest BCUT2D eigenvalue weighted by Crippen LogP contribution is -2.33. The van der Waals surface area contributed by atoms with Crippen LogP contribution < -0.4 is 16.2 Å². The van der Waals surface area contributed by atoms with Crippen molar-refractivity contribution in [3.63, 3.8) is 0 Å². The molecular weight excluding hydrogens is 331 g/mol. The second-order valence-corrected chi connectivity index (χ2v) is 6.22. The molecule has 0 aromatic carbocycles. The van der Waals surface area contributed by atoms with E-state index in [2.05, 4.69) is 10.6 Å². The quantitative estimate of drug-likeness (QED) is 0.794. The van der Waals surface area contributed by atoms with Crippen LogP contribution in [0.15, 0.2) is 29.2 Å². The largest absolute Gasteiger partial charge is 0.417 e. The van der Waals surface area contributed by atoms with Gasteiger partial charge in [-0.2, -0.15) is 13.2 Å². The van der Waals surface area contributed by atoms with Crippen molar-refractivity contribution in [3.05, 3.63) is 50.1 Å². The van der Waals surface area contributed by atoms with Gasteiger partial charge in [-0.3, -0.25) is 4.79 Å². The predicted octanol–water partition coefficient (Wildman–Crippen LogP) is 3.65. The summed E-state index contributed by atoms with van der Waals surface area (Å²) in [6.45, 7) is 3.66. The number of anilines is 1. The number of pyridine rings is 1. The van der Waals surface area contributed by atoms with Gasteiger partial charge in [0.05, 0.1) is 11.6 Å². The van der Waals surface area contributed by atoms with E-state index < -0.39 is 29.0 Å². The van der Waals surface area contributed by atoms with Gasteiger partial charge in [-0.1, -0.05) is 0 Å². The Morgan fingerprint density at radius 1 is 1.35 bits per heavy atom. The van der Waals surface area contributed by atoms with Crippen LogP contribution in [0.4, 0.5) is 23.7 Å². The van der Waals surface area contributed by atoms with Gasteiger partial charge in [-0.25, -0.2) is 4.79 Å². The first-order valence-corrected chi connectivity index (χ1v) is 7.42. The molecule has 0 aliphatic carbocycles. The van der Waals surface area contributed by atoms with Crippen LogP contribution in [-0.4, -0.2) is 11.0 Å². The highest BCUT2D eigenvalue weighted by Gasteiger charge is 2.31. The average Bonchev–Trinajstić information content (AvgIpc) is 2.86. The van der Waals surface area contributed by atoms with E-state index in [1.807, 2.05) is 24.0 Å². The minimum Gasteiger partial charge on any atom is -0.331 e. The number of aryl methyl sites for hydroxylation is 1. The number of nitrogens with one attached hydrogen (secondary N) is 3. The number of hydrogen-bond acceptors (Lipinski definition) is 3. The fourth-order valence-electron chi connectivity index (χ4n) is 1.85. The van der Waals surface area contributed by atoms with Gasteiger partial charge in [0.25, 0.3) is 5.56 Å². The van der Waals surface area contributed by atoms with Crippen LogP contribution in [0.2, 0.25) is 0 Å². The Morgan fingerprint density at radius 3 is 2.61 bits per heavy atom. The van der Waals surface area contributed by atoms with Gasteiger partial charge in [0.2, 0.25) is 0 Å². The Balaban J connectivity index is 2.09. The van der Waals surface area contributed by atoms with Gasteiger partial charge in [0.1, 0.15) is 5.69 Å². The number of aromatic amines is 1. The standard InChI is InChI=1S/C14H14F3N3O2S/c1-7-3-4-11(23-7)8(2)19-13(22)20-10-5-9(14(15,16)17)6-18-12(10)21/h3-6,8H,1-2H3,(H,18,21)(H2,19,20,22). The molecule has 0 saturated carbocycles. The van der Waals surface area contributed by atoms with E-state index in [0.717, 1.165) is 9.75 Å². The van der Waals surface area contributed by atoms with Crippen molar-refractivity contribution in [1.29, 1.82) is 0 Å². The van der Waals surface area contributed by atoms with Gasteiger partial charge in [-0.15, -0.1) is 11.3 Å². The number of carbonyl (C=O) groups excluding carboxylic acids is 1. The van der Waals surface area contributed by atoms with Crippen LogP contribution in [0.1, 0.15) is 28.3 Å². The van der Waals surface area contributed by atoms with Crippen molar-refractivity contribution >= 4 is 23.1 Å². The molecule has 2 aromatic rings. The monoisotopic (exact) mass is 345 g/mol. The summed E-state index contributed by atoms with van der Waals surface area (Å²) in [5.41, 5.74) is -2.33. The van der Waals surface area contributed by atoms with Crippen molar-refractivity contribution in [1.82, 2.24) is 10.3 Å². The average molecular weight is 345 g/mol. The number of aromatic nitrogens is 1. The highest BCUT2D eigenvalue weighted by molar-refractivity contribution is 7.12. The van der Waals surface area contributed by atoms with Crippen LogP contribution in [-0.2, 0) is 6.18 Å². The van der Waals surface area contributed by atoms with Crippen LogP contribution in [0, 0.1) is 6.92 Å². The zero-order valence-corrected chi connectivity index (χ0v) is 13.1. The molecule has 0 spiro atoms. The number of halogens is 3. The molecule has 1 unspecified atom stereocenters. The van der Waals surface area contributed by atoms with Crippen LogP contribution in [0.3, 0.4) is 0 Å². The van der Waals surface area contributed by atoms with Gasteiger partial charge >= 0.3 is 12.2 Å². The molecule has 3 N–H and O–H groups in total. The van der Waals surface area contributed by atoms with Crippen molar-refractivity contribution < 1.29 is 18.0 Å². The molecule has 5 nitrogen and oxygen atoms in total. The fraction of sp³-hybridized carbons (Fsp3) is 0.286. The number of carbonyl (C=O) groups is 1. The number of urea groups is 1. The van der Waals surface area contributed by atoms with Gasteiger partial charge < -0.3 is 15.6 Å². The minimum absolute atomic E-state index is 0.335. The van der Waals surface area contributed by atoms with Gasteiger partial charge in [0, 0.05) is 16.0 Å². The summed E-state index contributed by atoms with van der Waals surface area (Å²) < 4.78 is 37.9. The Labute approximate surface area is 133 Å². The Kier molecular flexibility index (Phi) is 4.79. The molecule has 23 heavy (non-hydrogen) atoms. The molecule has 9 heteroatoms. The molecule has 2 rings (SSSR count). The number of rotatable bonds is 3. The van der Waals surface area contributed by atoms with Gasteiger partial charge in [-0.05, 0) is 32.0 Å². The molecule has 2 heterocycles. The van der Waals surface area contributed by atoms with E-state index in [1.54, 1.807) is 6.92 Å². The van der Waals surface area contributed by atoms with Crippen LogP contribution >= 0.6 is 11.3 Å². The third-order valence-corrected chi connectivity index (χ3v) is 4.20. The topological polar surface area (TPSA) is 74.0 Å². The van der Waals surface area contributed by atoms with Crippen molar-refractivity contribution in [3.8, 4) is 0 Å². The van der Waals surface area contributed by atoms with E-state index in [4.69, 9.17) is 0 Å². The van der Waals surface area contributed by atoms with Crippen molar-refractivity contribution in [2.24, 2.45) is 0 Å². The third kappa shape index (κ3) is 4.35. The summed E-state index contributed by atoms with van der Waals surface area (Å²) in [5, 5.41) is 4.71. The summed E-state index contributed by atoms with van der Waals surface area (Å²) in [6, 6.07) is 3.25. The molecule has 0 fully saturated rings. The Bertz CT molecular complexity index is 767. The SMILES string of the molecule is Cc1ccc(C(C)NC(=O)Nc2cc(C(F)(F)F)c[nH]c2=O)s1. The lowest BCUT2D eigenvalue weighted by Gasteiger charge is -2.13. The lowest BCUT2D eigenvalue weighted by atomic mass is 10.2. The molecule has 0 aliphatic rings. The maximum absolute atomic E-state index is 12.6. The summed E-state index contributed by atoms with van der Waals surface area (Å²) in [7, 11) is 0. The zero-order chi connectivity index (χ0) is 17.2. The van der Waals surface area contributed by atoms with E-state index >= 15 is 0 Å². The predicted molar refractivity (Wildman–Crippen MR) is 81.7 cm³/mol. The number of amides is 2. The molecular formula is C14H14F3N3O2S. The third-order valence-electron chi connectivity index (χ3n) is 3.01. The van der Waals surface area contributed by atoms with Gasteiger partial charge in [0.15, 0.2) is 0 Å². The number of hydrogen-bond donors (Lipinski definition) is 3. The second kappa shape index (κ2) is 6.45. The molecule has 2 amide bonds. The van der Waals surface area contributed by atoms with E-state index in [9.17, 15) is 22.8 Å². The number of alkyl halides is 3. The summed E-state index contributed by atoms with van der Waals surface area (Å²) in [6.07, 6.45) is -4.05. The second-order valence-electron chi connectivity index (χ2n) is 4.90. The maximum Gasteiger partial charge on any atom is 0.417 e. The maximum atomic E-state index is 12.6. The van der Waals surface area contributed by atoms with E-state index in [-0.39, 0.29) is 6.04 Å². The summed E-state index contributed by atoms with van der Waals surface area (Å²) in [4.78, 5) is 27.3. The highest BCUT2D eigenvalue weighted by Crippen LogP contribution is 2.29. The summed E-state index contributed by atoms with van der Waals surface area (Å²) in [5.74, 6) is 0. The molecule has 0 aliphatic heterocycles. The van der Waals surface area contributed by atoms with E-state index in [0.29, 0.717) is 12.3 Å². The number of thiophene rings is 1. The first-order chi connectivity index (χ1) is 10.7. The fourth-order valence-corrected chi connectivity index (χ4v) is 2.73. The lowest BCUT2D eigenvalue weighted by molar-refractivity contribution is -0.137. The first-order valence-electron chi connectivity index (χ1n) is 6.60. The molecule has 124 valence electrons. The normalized spacial score (nSPS) is 12.7. The molecule has 0 radical (unpaired) electrons. The summed E-state index contributed by atoms with van der Waals surface area (Å²) >= 11 is 1.49. The minimum atomic E-state index is -4.61. The van der Waals surface area contributed by atoms with Crippen molar-refractivity contribution in [2.45, 2.75) is 26.1 Å². The van der Waals surface area contributed by atoms with Crippen molar-refractivity contribution in [2.75, 3.05) is 5.32 Å². The molecule has 0 saturated heterocycles. The smallest absolute Gasteiger partial charge is 0.331 e. The molecule has 1 atom stereocenters.